The second-order valence-corrected chi connectivity index (χ2v) is 5.91. The van der Waals surface area contributed by atoms with Crippen LogP contribution in [-0.2, 0) is 17.4 Å². The number of halogens is 3. The minimum absolute atomic E-state index is 0.123. The van der Waals surface area contributed by atoms with Gasteiger partial charge in [0, 0.05) is 11.3 Å². The molecule has 144 valence electrons. The Bertz CT molecular complexity index is 1020. The van der Waals surface area contributed by atoms with Crippen LogP contribution in [0.3, 0.4) is 0 Å². The van der Waals surface area contributed by atoms with Crippen molar-refractivity contribution in [3.63, 3.8) is 0 Å². The maximum Gasteiger partial charge on any atom is 0.471 e. The molecule has 0 aliphatic carbocycles. The summed E-state index contributed by atoms with van der Waals surface area (Å²) in [6.45, 7) is 0.155. The molecule has 1 amide bonds. The van der Waals surface area contributed by atoms with Gasteiger partial charge in [0.2, 0.25) is 18.5 Å². The number of anilines is 1. The Balaban J connectivity index is 1.40. The number of carbonyl (C=O) groups is 1. The molecule has 4 rings (SSSR count). The van der Waals surface area contributed by atoms with Gasteiger partial charge in [0.25, 0.3) is 0 Å². The molecular formula is C18H12F3N3O4. The van der Waals surface area contributed by atoms with Crippen molar-refractivity contribution in [3.05, 3.63) is 53.9 Å². The molecule has 3 aromatic rings. The van der Waals surface area contributed by atoms with Crippen LogP contribution in [0, 0.1) is 0 Å². The van der Waals surface area contributed by atoms with Crippen molar-refractivity contribution in [1.29, 1.82) is 0 Å². The third-order valence-electron chi connectivity index (χ3n) is 3.90. The average molecular weight is 391 g/mol. The van der Waals surface area contributed by atoms with Crippen molar-refractivity contribution in [3.8, 4) is 22.9 Å². The second kappa shape index (κ2) is 6.87. The van der Waals surface area contributed by atoms with Gasteiger partial charge in [-0.2, -0.15) is 18.2 Å². The van der Waals surface area contributed by atoms with Gasteiger partial charge < -0.3 is 19.3 Å². The second-order valence-electron chi connectivity index (χ2n) is 5.91. The summed E-state index contributed by atoms with van der Waals surface area (Å²) in [5, 5.41) is 6.02. The van der Waals surface area contributed by atoms with E-state index >= 15 is 0 Å². The first-order valence-corrected chi connectivity index (χ1v) is 8.08. The van der Waals surface area contributed by atoms with Gasteiger partial charge in [-0.15, -0.1) is 0 Å². The van der Waals surface area contributed by atoms with Crippen LogP contribution in [-0.4, -0.2) is 22.8 Å². The Morgan fingerprint density at radius 3 is 2.54 bits per heavy atom. The molecule has 0 atom stereocenters. The highest BCUT2D eigenvalue weighted by Crippen LogP contribution is 2.33. The van der Waals surface area contributed by atoms with E-state index in [1.165, 1.54) is 24.3 Å². The zero-order valence-corrected chi connectivity index (χ0v) is 14.1. The number of nitrogens with zero attached hydrogens (tertiary/aromatic N) is 2. The number of rotatable bonds is 4. The molecule has 28 heavy (non-hydrogen) atoms. The number of nitrogens with one attached hydrogen (secondary N) is 1. The third-order valence-corrected chi connectivity index (χ3v) is 3.90. The van der Waals surface area contributed by atoms with E-state index in [-0.39, 0.29) is 24.9 Å². The molecule has 2 heterocycles. The molecule has 0 saturated heterocycles. The predicted molar refractivity (Wildman–Crippen MR) is 89.6 cm³/mol. The topological polar surface area (TPSA) is 86.5 Å². The molecule has 0 spiro atoms. The lowest BCUT2D eigenvalue weighted by Gasteiger charge is -2.06. The SMILES string of the molecule is O=C(Cc1ccc2c(c1)OCO2)Nc1ccc(-c2noc(C(F)(F)F)n2)cc1. The summed E-state index contributed by atoms with van der Waals surface area (Å²) < 4.78 is 52.2. The van der Waals surface area contributed by atoms with E-state index in [1.807, 2.05) is 0 Å². The number of hydrogen-bond acceptors (Lipinski definition) is 6. The van der Waals surface area contributed by atoms with Crippen molar-refractivity contribution in [2.75, 3.05) is 12.1 Å². The molecule has 1 aliphatic heterocycles. The first-order chi connectivity index (χ1) is 13.4. The van der Waals surface area contributed by atoms with Crippen molar-refractivity contribution in [1.82, 2.24) is 10.1 Å². The number of ether oxygens (including phenoxy) is 2. The summed E-state index contributed by atoms with van der Waals surface area (Å²) in [4.78, 5) is 15.5. The van der Waals surface area contributed by atoms with Gasteiger partial charge in [0.05, 0.1) is 6.42 Å². The summed E-state index contributed by atoms with van der Waals surface area (Å²) in [5.74, 6) is -0.636. The molecule has 7 nitrogen and oxygen atoms in total. The minimum atomic E-state index is -4.70. The van der Waals surface area contributed by atoms with Crippen molar-refractivity contribution >= 4 is 11.6 Å². The fraction of sp³-hybridized carbons (Fsp3) is 0.167. The normalized spacial score (nSPS) is 12.8. The zero-order valence-electron chi connectivity index (χ0n) is 14.1. The van der Waals surface area contributed by atoms with Crippen LogP contribution in [0.1, 0.15) is 11.5 Å². The van der Waals surface area contributed by atoms with Gasteiger partial charge in [-0.3, -0.25) is 4.79 Å². The van der Waals surface area contributed by atoms with Crippen molar-refractivity contribution in [2.45, 2.75) is 12.6 Å². The minimum Gasteiger partial charge on any atom is -0.454 e. The van der Waals surface area contributed by atoms with E-state index in [9.17, 15) is 18.0 Å². The molecule has 1 aliphatic rings. The van der Waals surface area contributed by atoms with Crippen LogP contribution >= 0.6 is 0 Å². The molecular weight excluding hydrogens is 379 g/mol. The summed E-state index contributed by atoms with van der Waals surface area (Å²) in [5.41, 5.74) is 1.56. The molecule has 2 aromatic carbocycles. The lowest BCUT2D eigenvalue weighted by atomic mass is 10.1. The standard InChI is InChI=1S/C18H12F3N3O4/c19-18(20,21)17-23-16(24-28-17)11-2-4-12(5-3-11)22-15(25)8-10-1-6-13-14(7-10)27-9-26-13/h1-7H,8-9H2,(H,22,25). The zero-order chi connectivity index (χ0) is 19.7. The molecule has 1 aromatic heterocycles. The Kier molecular flexibility index (Phi) is 4.38. The number of fused-ring (bicyclic) bond motifs is 1. The molecule has 1 N–H and O–H groups in total. The molecule has 0 saturated carbocycles. The highest BCUT2D eigenvalue weighted by atomic mass is 19.4. The van der Waals surface area contributed by atoms with Crippen LogP contribution in [0.5, 0.6) is 11.5 Å². The highest BCUT2D eigenvalue weighted by Gasteiger charge is 2.38. The molecule has 10 heteroatoms. The third kappa shape index (κ3) is 3.75. The number of amides is 1. The number of benzene rings is 2. The summed E-state index contributed by atoms with van der Waals surface area (Å²) in [7, 11) is 0. The van der Waals surface area contributed by atoms with Gasteiger partial charge in [0.15, 0.2) is 11.5 Å². The highest BCUT2D eigenvalue weighted by molar-refractivity contribution is 5.92. The molecule has 0 unspecified atom stereocenters. The largest absolute Gasteiger partial charge is 0.471 e. The first-order valence-electron chi connectivity index (χ1n) is 8.08. The fourth-order valence-corrected chi connectivity index (χ4v) is 2.60. The lowest BCUT2D eigenvalue weighted by Crippen LogP contribution is -2.14. The van der Waals surface area contributed by atoms with E-state index in [2.05, 4.69) is 20.0 Å². The molecule has 0 fully saturated rings. The van der Waals surface area contributed by atoms with Crippen LogP contribution in [0.15, 0.2) is 47.0 Å². The van der Waals surface area contributed by atoms with Crippen LogP contribution in [0.25, 0.3) is 11.4 Å². The van der Waals surface area contributed by atoms with Gasteiger partial charge in [-0.05, 0) is 42.0 Å². The van der Waals surface area contributed by atoms with E-state index in [1.54, 1.807) is 18.2 Å². The van der Waals surface area contributed by atoms with E-state index in [4.69, 9.17) is 9.47 Å². The van der Waals surface area contributed by atoms with Gasteiger partial charge in [0.1, 0.15) is 0 Å². The number of alkyl halides is 3. The molecule has 0 radical (unpaired) electrons. The Labute approximate surface area is 156 Å². The fourth-order valence-electron chi connectivity index (χ4n) is 2.60. The van der Waals surface area contributed by atoms with Crippen LogP contribution < -0.4 is 14.8 Å². The summed E-state index contributed by atoms with van der Waals surface area (Å²) in [6.07, 6.45) is -4.58. The number of aromatic nitrogens is 2. The maximum absolute atomic E-state index is 12.5. The van der Waals surface area contributed by atoms with Gasteiger partial charge in [-0.1, -0.05) is 11.2 Å². The number of hydrogen-bond donors (Lipinski definition) is 1. The van der Waals surface area contributed by atoms with E-state index < -0.39 is 12.1 Å². The summed E-state index contributed by atoms with van der Waals surface area (Å²) >= 11 is 0. The Morgan fingerprint density at radius 2 is 1.82 bits per heavy atom. The quantitative estimate of drug-likeness (QED) is 0.730. The average Bonchev–Trinajstić information content (AvgIpc) is 3.31. The Morgan fingerprint density at radius 1 is 1.07 bits per heavy atom. The smallest absolute Gasteiger partial charge is 0.454 e. The van der Waals surface area contributed by atoms with Crippen LogP contribution in [0.4, 0.5) is 18.9 Å². The van der Waals surface area contributed by atoms with Crippen LogP contribution in [0.2, 0.25) is 0 Å². The maximum atomic E-state index is 12.5. The van der Waals surface area contributed by atoms with Crippen molar-refractivity contribution < 1.29 is 32.0 Å². The van der Waals surface area contributed by atoms with E-state index in [0.29, 0.717) is 22.7 Å². The predicted octanol–water partition coefficient (Wildman–Crippen LogP) is 3.67. The van der Waals surface area contributed by atoms with Gasteiger partial charge >= 0.3 is 12.1 Å². The summed E-state index contributed by atoms with van der Waals surface area (Å²) in [6, 6.07) is 11.3. The molecule has 0 bridgehead atoms. The lowest BCUT2D eigenvalue weighted by molar-refractivity contribution is -0.159. The van der Waals surface area contributed by atoms with E-state index in [0.717, 1.165) is 5.56 Å². The first kappa shape index (κ1) is 17.8. The Hall–Kier alpha value is -3.56. The monoisotopic (exact) mass is 391 g/mol. The number of carbonyl (C=O) groups excluding carboxylic acids is 1. The van der Waals surface area contributed by atoms with Gasteiger partial charge in [-0.25, -0.2) is 0 Å². The van der Waals surface area contributed by atoms with Crippen molar-refractivity contribution in [2.24, 2.45) is 0 Å².